The second-order valence-electron chi connectivity index (χ2n) is 30.8. The topological polar surface area (TPSA) is 6.48 Å². The summed E-state index contributed by atoms with van der Waals surface area (Å²) in [4.78, 5) is 5.43. The summed E-state index contributed by atoms with van der Waals surface area (Å²) in [5, 5.41) is 0. The molecule has 3 aliphatic rings. The zero-order valence-electron chi connectivity index (χ0n) is 58.6. The van der Waals surface area contributed by atoms with Gasteiger partial charge < -0.3 is 9.80 Å². The average molecular weight is 1290 g/mol. The van der Waals surface area contributed by atoms with E-state index in [1.807, 2.05) is 0 Å². The van der Waals surface area contributed by atoms with Crippen LogP contribution in [-0.2, 0) is 21.7 Å². The fraction of sp³-hybridized carbons (Fsp3) is 0.134. The van der Waals surface area contributed by atoms with E-state index < -0.39 is 5.41 Å². The van der Waals surface area contributed by atoms with Crippen LogP contribution in [0.3, 0.4) is 0 Å². The monoisotopic (exact) mass is 1280 g/mol. The molecule has 0 saturated heterocycles. The first-order valence-electron chi connectivity index (χ1n) is 35.6. The van der Waals surface area contributed by atoms with Gasteiger partial charge in [0.1, 0.15) is 0 Å². The summed E-state index contributed by atoms with van der Waals surface area (Å²) in [5.74, 6) is 0. The predicted octanol–water partition coefficient (Wildman–Crippen LogP) is 24.0. The van der Waals surface area contributed by atoms with Crippen molar-refractivity contribution >= 4 is 57.2 Å². The lowest BCUT2D eigenvalue weighted by Crippen LogP contribution is -2.61. The van der Waals surface area contributed by atoms with E-state index in [0.717, 1.165) is 56.4 Å². The maximum absolute atomic E-state index is 2.74. The van der Waals surface area contributed by atoms with Crippen LogP contribution in [0.1, 0.15) is 101 Å². The Labute approximate surface area is 591 Å². The minimum absolute atomic E-state index is 0.110. The minimum Gasteiger partial charge on any atom is -0.310 e. The molecule has 482 valence electrons. The molecule has 17 rings (SSSR count). The molecule has 0 aromatic heterocycles. The number of fused-ring (bicyclic) bond motifs is 7. The van der Waals surface area contributed by atoms with Crippen LogP contribution >= 0.6 is 0 Å². The Hall–Kier alpha value is -11.3. The number of hydrogen-bond donors (Lipinski definition) is 0. The molecule has 2 heterocycles. The molecule has 0 radical (unpaired) electrons. The van der Waals surface area contributed by atoms with Gasteiger partial charge >= 0.3 is 0 Å². The fourth-order valence-electron chi connectivity index (χ4n) is 16.6. The molecule has 0 spiro atoms. The molecule has 0 amide bonds. The molecule has 0 unspecified atom stereocenters. The van der Waals surface area contributed by atoms with Gasteiger partial charge in [-0.25, -0.2) is 0 Å². The number of anilines is 6. The molecule has 1 aliphatic carbocycles. The molecule has 0 fully saturated rings. The molecular formula is C97H81BN2. The maximum Gasteiger partial charge on any atom is 0.252 e. The Bertz CT molecular complexity index is 5300. The fourth-order valence-corrected chi connectivity index (χ4v) is 16.6. The molecule has 2 nitrogen and oxygen atoms in total. The Morgan fingerprint density at radius 2 is 0.630 bits per heavy atom. The van der Waals surface area contributed by atoms with Crippen molar-refractivity contribution in [2.24, 2.45) is 0 Å². The van der Waals surface area contributed by atoms with Gasteiger partial charge in [-0.2, -0.15) is 0 Å². The molecule has 0 bridgehead atoms. The van der Waals surface area contributed by atoms with Gasteiger partial charge in [-0.15, -0.1) is 0 Å². The number of nitrogens with zero attached hydrogens (tertiary/aromatic N) is 2. The summed E-state index contributed by atoms with van der Waals surface area (Å²) in [6.07, 6.45) is 0. The zero-order valence-corrected chi connectivity index (χ0v) is 58.6. The second-order valence-corrected chi connectivity index (χ2v) is 30.8. The lowest BCUT2D eigenvalue weighted by atomic mass is 9.33. The lowest BCUT2D eigenvalue weighted by Gasteiger charge is -2.46. The van der Waals surface area contributed by atoms with E-state index in [-0.39, 0.29) is 23.0 Å². The van der Waals surface area contributed by atoms with Crippen molar-refractivity contribution < 1.29 is 0 Å². The van der Waals surface area contributed by atoms with Gasteiger partial charge in [0.05, 0.1) is 16.8 Å². The maximum atomic E-state index is 2.74. The zero-order chi connectivity index (χ0) is 68.2. The van der Waals surface area contributed by atoms with Gasteiger partial charge in [0.2, 0.25) is 0 Å². The van der Waals surface area contributed by atoms with Crippen molar-refractivity contribution in [3.63, 3.8) is 0 Å². The highest BCUT2D eigenvalue weighted by Gasteiger charge is 2.49. The van der Waals surface area contributed by atoms with E-state index in [9.17, 15) is 0 Å². The third-order valence-corrected chi connectivity index (χ3v) is 21.6. The van der Waals surface area contributed by atoms with E-state index in [1.165, 1.54) is 111 Å². The van der Waals surface area contributed by atoms with Gasteiger partial charge in [-0.3, -0.25) is 0 Å². The Balaban J connectivity index is 1.05. The van der Waals surface area contributed by atoms with Crippen molar-refractivity contribution in [1.82, 2.24) is 0 Å². The summed E-state index contributed by atoms with van der Waals surface area (Å²) in [5.41, 5.74) is 35.0. The molecule has 0 saturated carbocycles. The summed E-state index contributed by atoms with van der Waals surface area (Å²) in [7, 11) is 0. The van der Waals surface area contributed by atoms with Crippen molar-refractivity contribution in [2.45, 2.75) is 84.0 Å². The average Bonchev–Trinajstić information content (AvgIpc) is 1.05. The quantitative estimate of drug-likeness (QED) is 0.126. The number of rotatable bonds is 10. The van der Waals surface area contributed by atoms with E-state index in [4.69, 9.17) is 0 Å². The van der Waals surface area contributed by atoms with E-state index >= 15 is 0 Å². The van der Waals surface area contributed by atoms with Crippen LogP contribution in [0, 0.1) is 0 Å². The van der Waals surface area contributed by atoms with Gasteiger partial charge in [0, 0.05) is 45.0 Å². The van der Waals surface area contributed by atoms with Gasteiger partial charge in [0.15, 0.2) is 0 Å². The Morgan fingerprint density at radius 1 is 0.250 bits per heavy atom. The molecule has 14 aromatic carbocycles. The molecule has 14 aromatic rings. The third kappa shape index (κ3) is 10.2. The highest BCUT2D eigenvalue weighted by atomic mass is 15.2. The molecule has 2 aliphatic heterocycles. The van der Waals surface area contributed by atoms with Crippen LogP contribution in [0.25, 0.3) is 77.9 Å². The minimum atomic E-state index is -0.642. The van der Waals surface area contributed by atoms with Crippen LogP contribution in [0.15, 0.2) is 328 Å². The van der Waals surface area contributed by atoms with Gasteiger partial charge in [-0.05, 0) is 176 Å². The molecule has 3 heteroatoms. The van der Waals surface area contributed by atoms with Crippen LogP contribution in [0.5, 0.6) is 0 Å². The van der Waals surface area contributed by atoms with Crippen LogP contribution in [0.4, 0.5) is 34.1 Å². The number of para-hydroxylation sites is 1. The SMILES string of the molecule is CC(C)(C)c1cccc(-c2cc3c4c(c2)N(c2c(-c5ccccc5)cc(C(C)(C)C)cc2-c2ccccc2)c2cc(-c5cccc6c5C(c5ccccc5)(c5ccccc5)c5ccccc5-6)ccc2B4c2ccccc2N3c2c(-c3ccccc3)cc(C(C)(C)C)cc2-c2ccccc2)c1. The Kier molecular flexibility index (Phi) is 15.0. The number of benzene rings is 14. The first kappa shape index (κ1) is 62.3. The van der Waals surface area contributed by atoms with Crippen LogP contribution in [-0.4, -0.2) is 6.71 Å². The van der Waals surface area contributed by atoms with Crippen LogP contribution in [0.2, 0.25) is 0 Å². The molecular weight excluding hydrogens is 1200 g/mol. The number of hydrogen-bond acceptors (Lipinski definition) is 2. The summed E-state index contributed by atoms with van der Waals surface area (Å²) in [6.45, 7) is 20.9. The first-order chi connectivity index (χ1) is 48.5. The molecule has 0 N–H and O–H groups in total. The van der Waals surface area contributed by atoms with Crippen molar-refractivity contribution in [3.8, 4) is 77.9 Å². The molecule has 0 atom stereocenters. The predicted molar refractivity (Wildman–Crippen MR) is 426 cm³/mol. The van der Waals surface area contributed by atoms with Crippen molar-refractivity contribution in [3.05, 3.63) is 367 Å². The Morgan fingerprint density at radius 3 is 1.12 bits per heavy atom. The van der Waals surface area contributed by atoms with Crippen LogP contribution < -0.4 is 26.2 Å². The van der Waals surface area contributed by atoms with E-state index in [1.54, 1.807) is 0 Å². The lowest BCUT2D eigenvalue weighted by molar-refractivity contribution is 0.590. The highest BCUT2D eigenvalue weighted by Crippen LogP contribution is 2.60. The molecule has 100 heavy (non-hydrogen) atoms. The smallest absolute Gasteiger partial charge is 0.252 e. The second kappa shape index (κ2) is 24.0. The summed E-state index contributed by atoms with van der Waals surface area (Å²) >= 11 is 0. The van der Waals surface area contributed by atoms with Crippen molar-refractivity contribution in [1.29, 1.82) is 0 Å². The third-order valence-electron chi connectivity index (χ3n) is 21.6. The first-order valence-corrected chi connectivity index (χ1v) is 35.6. The van der Waals surface area contributed by atoms with Crippen molar-refractivity contribution in [2.75, 3.05) is 9.80 Å². The van der Waals surface area contributed by atoms with E-state index in [2.05, 4.69) is 400 Å². The largest absolute Gasteiger partial charge is 0.310 e. The summed E-state index contributed by atoms with van der Waals surface area (Å²) in [6, 6.07) is 125. The van der Waals surface area contributed by atoms with Gasteiger partial charge in [0.25, 0.3) is 6.71 Å². The van der Waals surface area contributed by atoms with E-state index in [0.29, 0.717) is 0 Å². The normalized spacial score (nSPS) is 13.5. The highest BCUT2D eigenvalue weighted by molar-refractivity contribution is 7.00. The summed E-state index contributed by atoms with van der Waals surface area (Å²) < 4.78 is 0. The standard InChI is InChI=1S/C97H81BN2/c1-94(2,3)73-47-32-42-68(56-73)70-58-88-91-89(59-70)100(93-81(66-38-20-12-21-39-66)62-75(96(7,8)9)63-82(93)67-40-22-13-23-41-67)87-57-69(76-49-33-50-78-77-48-28-29-51-83(77)97(90(76)78,71-43-24-14-25-44-71)72-45-26-15-27-46-72)54-55-85(87)98(91)84-52-30-31-53-86(84)99(88)92-79(64-34-16-10-17-35-64)60-74(95(4,5)6)61-80(92)65-36-18-11-19-37-65/h10-63H,1-9H3. The van der Waals surface area contributed by atoms with Gasteiger partial charge in [-0.1, -0.05) is 341 Å².